The lowest BCUT2D eigenvalue weighted by molar-refractivity contribution is -0.126. The molecular formula is C17H26N2O3S. The third-order valence-corrected chi connectivity index (χ3v) is 6.14. The normalized spacial score (nSPS) is 19.4. The van der Waals surface area contributed by atoms with Gasteiger partial charge in [-0.25, -0.2) is 12.7 Å². The van der Waals surface area contributed by atoms with E-state index in [1.165, 1.54) is 4.31 Å². The lowest BCUT2D eigenvalue weighted by Crippen LogP contribution is -2.45. The number of carbonyl (C=O) groups is 1. The predicted octanol–water partition coefficient (Wildman–Crippen LogP) is 2.14. The number of carbonyl (C=O) groups excluding carboxylic acids is 1. The maximum atomic E-state index is 12.3. The number of hydrogen-bond acceptors (Lipinski definition) is 3. The summed E-state index contributed by atoms with van der Waals surface area (Å²) in [5, 5.41) is 2.92. The van der Waals surface area contributed by atoms with Gasteiger partial charge < -0.3 is 5.32 Å². The van der Waals surface area contributed by atoms with E-state index in [1.807, 2.05) is 37.3 Å². The average Bonchev–Trinajstić information content (AvgIpc) is 2.59. The van der Waals surface area contributed by atoms with Gasteiger partial charge in [-0.3, -0.25) is 4.79 Å². The van der Waals surface area contributed by atoms with E-state index in [2.05, 4.69) is 5.32 Å². The number of benzene rings is 1. The zero-order valence-electron chi connectivity index (χ0n) is 13.7. The van der Waals surface area contributed by atoms with Gasteiger partial charge in [0, 0.05) is 19.6 Å². The average molecular weight is 338 g/mol. The topological polar surface area (TPSA) is 66.5 Å². The van der Waals surface area contributed by atoms with Crippen LogP contribution >= 0.6 is 0 Å². The number of piperidine rings is 1. The van der Waals surface area contributed by atoms with Gasteiger partial charge in [-0.2, -0.15) is 0 Å². The van der Waals surface area contributed by atoms with E-state index in [4.69, 9.17) is 0 Å². The van der Waals surface area contributed by atoms with Crippen molar-refractivity contribution < 1.29 is 13.2 Å². The Labute approximate surface area is 139 Å². The second-order valence-corrected chi connectivity index (χ2v) is 8.16. The molecule has 0 bridgehead atoms. The Hall–Kier alpha value is -1.40. The van der Waals surface area contributed by atoms with Crippen molar-refractivity contribution in [2.24, 2.45) is 5.92 Å². The fraction of sp³-hybridized carbons (Fsp3) is 0.588. The standard InChI is InChI=1S/C17H26N2O3S/c1-2-3-12-23(21,22)19-11-7-10-16(14-19)17(20)18-13-15-8-5-4-6-9-15/h4-6,8-9,16H,2-3,7,10-14H2,1H3,(H,18,20)/t16-/m1/s1. The summed E-state index contributed by atoms with van der Waals surface area (Å²) in [6, 6.07) is 9.73. The number of nitrogens with one attached hydrogen (secondary N) is 1. The van der Waals surface area contributed by atoms with Crippen LogP contribution in [0.5, 0.6) is 0 Å². The van der Waals surface area contributed by atoms with Crippen LogP contribution < -0.4 is 5.32 Å². The van der Waals surface area contributed by atoms with Crippen LogP contribution in [-0.4, -0.2) is 37.5 Å². The smallest absolute Gasteiger partial charge is 0.224 e. The molecule has 1 heterocycles. The summed E-state index contributed by atoms with van der Waals surface area (Å²) in [5.41, 5.74) is 1.05. The van der Waals surface area contributed by atoms with Crippen LogP contribution in [0.25, 0.3) is 0 Å². The van der Waals surface area contributed by atoms with Gasteiger partial charge in [0.25, 0.3) is 0 Å². The van der Waals surface area contributed by atoms with Crippen LogP contribution in [0.4, 0.5) is 0 Å². The number of nitrogens with zero attached hydrogens (tertiary/aromatic N) is 1. The Morgan fingerprint density at radius 1 is 1.30 bits per heavy atom. The Morgan fingerprint density at radius 2 is 2.04 bits per heavy atom. The van der Waals surface area contributed by atoms with Crippen molar-refractivity contribution >= 4 is 15.9 Å². The molecule has 0 radical (unpaired) electrons. The number of amides is 1. The Morgan fingerprint density at radius 3 is 2.74 bits per heavy atom. The molecule has 1 atom stereocenters. The van der Waals surface area contributed by atoms with Crippen LogP contribution in [0.2, 0.25) is 0 Å². The maximum absolute atomic E-state index is 12.3. The quantitative estimate of drug-likeness (QED) is 0.828. The molecule has 1 aliphatic rings. The van der Waals surface area contributed by atoms with Gasteiger partial charge in [0.1, 0.15) is 0 Å². The molecule has 1 aromatic rings. The van der Waals surface area contributed by atoms with Crippen molar-refractivity contribution in [1.29, 1.82) is 0 Å². The highest BCUT2D eigenvalue weighted by Crippen LogP contribution is 2.20. The summed E-state index contributed by atoms with van der Waals surface area (Å²) in [7, 11) is -3.23. The molecule has 5 nitrogen and oxygen atoms in total. The molecule has 0 unspecified atom stereocenters. The first-order valence-corrected chi connectivity index (χ1v) is 9.93. The second-order valence-electron chi connectivity index (χ2n) is 6.07. The molecule has 1 saturated heterocycles. The van der Waals surface area contributed by atoms with Crippen LogP contribution in [0.1, 0.15) is 38.2 Å². The van der Waals surface area contributed by atoms with E-state index in [0.29, 0.717) is 26.1 Å². The summed E-state index contributed by atoms with van der Waals surface area (Å²) >= 11 is 0. The molecule has 1 fully saturated rings. The van der Waals surface area contributed by atoms with Gasteiger partial charge in [-0.15, -0.1) is 0 Å². The molecule has 1 aromatic carbocycles. The summed E-state index contributed by atoms with van der Waals surface area (Å²) < 4.78 is 26.1. The Kier molecular flexibility index (Phi) is 6.59. The summed E-state index contributed by atoms with van der Waals surface area (Å²) in [5.74, 6) is -0.116. The number of sulfonamides is 1. The van der Waals surface area contributed by atoms with Gasteiger partial charge in [0.05, 0.1) is 11.7 Å². The second kappa shape index (κ2) is 8.45. The van der Waals surface area contributed by atoms with Crippen molar-refractivity contribution in [1.82, 2.24) is 9.62 Å². The highest BCUT2D eigenvalue weighted by molar-refractivity contribution is 7.89. The molecule has 6 heteroatoms. The largest absolute Gasteiger partial charge is 0.352 e. The van der Waals surface area contributed by atoms with Crippen LogP contribution in [0.15, 0.2) is 30.3 Å². The molecule has 1 aliphatic heterocycles. The molecule has 0 aromatic heterocycles. The minimum absolute atomic E-state index is 0.0516. The van der Waals surface area contributed by atoms with E-state index < -0.39 is 10.0 Å². The van der Waals surface area contributed by atoms with Gasteiger partial charge in [-0.05, 0) is 24.8 Å². The van der Waals surface area contributed by atoms with Crippen molar-refractivity contribution in [3.05, 3.63) is 35.9 Å². The van der Waals surface area contributed by atoms with Crippen molar-refractivity contribution in [3.63, 3.8) is 0 Å². The third-order valence-electron chi connectivity index (χ3n) is 4.21. The molecule has 2 rings (SSSR count). The minimum atomic E-state index is -3.23. The highest BCUT2D eigenvalue weighted by Gasteiger charge is 2.31. The molecular weight excluding hydrogens is 312 g/mol. The molecule has 1 N–H and O–H groups in total. The Balaban J connectivity index is 1.88. The summed E-state index contributed by atoms with van der Waals surface area (Å²) in [4.78, 5) is 12.3. The number of rotatable bonds is 7. The third kappa shape index (κ3) is 5.32. The summed E-state index contributed by atoms with van der Waals surface area (Å²) in [6.07, 6.45) is 3.02. The van der Waals surface area contributed by atoms with E-state index in [9.17, 15) is 13.2 Å². The van der Waals surface area contributed by atoms with Crippen LogP contribution in [-0.2, 0) is 21.4 Å². The Bertz CT molecular complexity index is 602. The number of hydrogen-bond donors (Lipinski definition) is 1. The SMILES string of the molecule is CCCCS(=O)(=O)N1CCC[C@@H](C(=O)NCc2ccccc2)C1. The highest BCUT2D eigenvalue weighted by atomic mass is 32.2. The van der Waals surface area contributed by atoms with Gasteiger partial charge >= 0.3 is 0 Å². The monoisotopic (exact) mass is 338 g/mol. The predicted molar refractivity (Wildman–Crippen MR) is 91.3 cm³/mol. The molecule has 0 aliphatic carbocycles. The fourth-order valence-corrected chi connectivity index (χ4v) is 4.52. The van der Waals surface area contributed by atoms with E-state index in [-0.39, 0.29) is 17.6 Å². The van der Waals surface area contributed by atoms with Crippen molar-refractivity contribution in [3.8, 4) is 0 Å². The molecule has 0 spiro atoms. The minimum Gasteiger partial charge on any atom is -0.352 e. The molecule has 0 saturated carbocycles. The molecule has 1 amide bonds. The first-order chi connectivity index (χ1) is 11.0. The van der Waals surface area contributed by atoms with E-state index in [0.717, 1.165) is 24.8 Å². The van der Waals surface area contributed by atoms with Gasteiger partial charge in [-0.1, -0.05) is 43.7 Å². The van der Waals surface area contributed by atoms with Gasteiger partial charge in [0.2, 0.25) is 15.9 Å². The molecule has 128 valence electrons. The molecule has 23 heavy (non-hydrogen) atoms. The first-order valence-electron chi connectivity index (χ1n) is 8.32. The zero-order chi connectivity index (χ0) is 16.7. The summed E-state index contributed by atoms with van der Waals surface area (Å²) in [6.45, 7) is 3.31. The van der Waals surface area contributed by atoms with Crippen molar-refractivity contribution in [2.45, 2.75) is 39.2 Å². The number of unbranched alkanes of at least 4 members (excludes halogenated alkanes) is 1. The van der Waals surface area contributed by atoms with E-state index in [1.54, 1.807) is 0 Å². The van der Waals surface area contributed by atoms with Crippen LogP contribution in [0.3, 0.4) is 0 Å². The van der Waals surface area contributed by atoms with Crippen molar-refractivity contribution in [2.75, 3.05) is 18.8 Å². The van der Waals surface area contributed by atoms with Gasteiger partial charge in [0.15, 0.2) is 0 Å². The fourth-order valence-electron chi connectivity index (χ4n) is 2.79. The zero-order valence-corrected chi connectivity index (χ0v) is 14.5. The first kappa shape index (κ1) is 17.9. The van der Waals surface area contributed by atoms with Crippen LogP contribution in [0, 0.1) is 5.92 Å². The lowest BCUT2D eigenvalue weighted by atomic mass is 9.99. The lowest BCUT2D eigenvalue weighted by Gasteiger charge is -2.31. The van der Waals surface area contributed by atoms with E-state index >= 15 is 0 Å². The maximum Gasteiger partial charge on any atom is 0.224 e.